The van der Waals surface area contributed by atoms with Gasteiger partial charge in [0, 0.05) is 35.2 Å². The number of rotatable bonds is 4. The normalized spacial score (nSPS) is 13.8. The summed E-state index contributed by atoms with van der Waals surface area (Å²) in [5, 5.41) is 5.34. The highest BCUT2D eigenvalue weighted by Gasteiger charge is 2.22. The summed E-state index contributed by atoms with van der Waals surface area (Å²) in [6.07, 6.45) is 1.42. The van der Waals surface area contributed by atoms with Crippen LogP contribution in [-0.2, 0) is 4.79 Å². The first-order valence-corrected chi connectivity index (χ1v) is 9.72. The Morgan fingerprint density at radius 3 is 2.74 bits per heavy atom. The maximum absolute atomic E-state index is 12.6. The highest BCUT2D eigenvalue weighted by Crippen LogP contribution is 2.26. The maximum Gasteiger partial charge on any atom is 0.257 e. The predicted molar refractivity (Wildman–Crippen MR) is 108 cm³/mol. The summed E-state index contributed by atoms with van der Waals surface area (Å²) >= 11 is 1.39. The summed E-state index contributed by atoms with van der Waals surface area (Å²) in [4.78, 5) is 30.8. The average Bonchev–Trinajstić information content (AvgIpc) is 3.31. The van der Waals surface area contributed by atoms with Crippen LogP contribution in [0.1, 0.15) is 28.8 Å². The van der Waals surface area contributed by atoms with Crippen LogP contribution < -0.4 is 10.2 Å². The van der Waals surface area contributed by atoms with E-state index in [-0.39, 0.29) is 11.8 Å². The molecule has 0 saturated carbocycles. The number of thiazole rings is 1. The van der Waals surface area contributed by atoms with E-state index in [1.54, 1.807) is 23.1 Å². The van der Waals surface area contributed by atoms with Crippen LogP contribution in [0.5, 0.6) is 0 Å². The molecule has 0 spiro atoms. The fourth-order valence-electron chi connectivity index (χ4n) is 3.09. The Bertz CT molecular complexity index is 995. The van der Waals surface area contributed by atoms with Crippen LogP contribution in [0, 0.1) is 6.92 Å². The minimum absolute atomic E-state index is 0.107. The summed E-state index contributed by atoms with van der Waals surface area (Å²) in [5.74, 6) is -0.122. The summed E-state index contributed by atoms with van der Waals surface area (Å²) in [7, 11) is 0. The summed E-state index contributed by atoms with van der Waals surface area (Å²) in [6, 6.07) is 15.3. The Kier molecular flexibility index (Phi) is 4.73. The van der Waals surface area contributed by atoms with Gasteiger partial charge in [-0.3, -0.25) is 14.9 Å². The van der Waals surface area contributed by atoms with Gasteiger partial charge in [0.25, 0.3) is 5.91 Å². The van der Waals surface area contributed by atoms with Gasteiger partial charge in [-0.1, -0.05) is 35.9 Å². The van der Waals surface area contributed by atoms with Gasteiger partial charge in [-0.2, -0.15) is 0 Å². The van der Waals surface area contributed by atoms with E-state index in [0.717, 1.165) is 23.4 Å². The molecule has 1 fully saturated rings. The first-order chi connectivity index (χ1) is 13.1. The van der Waals surface area contributed by atoms with E-state index >= 15 is 0 Å². The Hall–Kier alpha value is -2.99. The molecular weight excluding hydrogens is 358 g/mol. The van der Waals surface area contributed by atoms with Crippen molar-refractivity contribution >= 4 is 34.0 Å². The standard InChI is InChI=1S/C21H19N3O2S/c1-14-7-9-15(10-8-14)18-13-27-21(22-18)23-20(26)16-4-2-5-17(12-16)24-11-3-6-19(24)25/h2,4-5,7-10,12-13H,3,6,11H2,1H3,(H,22,23,26). The SMILES string of the molecule is Cc1ccc(-c2csc(NC(=O)c3cccc(N4CCCC4=O)c3)n2)cc1. The van der Waals surface area contributed by atoms with Gasteiger partial charge in [-0.25, -0.2) is 4.98 Å². The third kappa shape index (κ3) is 3.75. The summed E-state index contributed by atoms with van der Waals surface area (Å²) < 4.78 is 0. The maximum atomic E-state index is 12.6. The van der Waals surface area contributed by atoms with Crippen LogP contribution in [0.25, 0.3) is 11.3 Å². The number of carbonyl (C=O) groups is 2. The molecule has 2 aromatic carbocycles. The second kappa shape index (κ2) is 7.32. The molecule has 1 N–H and O–H groups in total. The number of carbonyl (C=O) groups excluding carboxylic acids is 2. The number of nitrogens with one attached hydrogen (secondary N) is 1. The van der Waals surface area contributed by atoms with E-state index < -0.39 is 0 Å². The quantitative estimate of drug-likeness (QED) is 0.728. The minimum Gasteiger partial charge on any atom is -0.312 e. The summed E-state index contributed by atoms with van der Waals surface area (Å²) in [5.41, 5.74) is 4.33. The summed E-state index contributed by atoms with van der Waals surface area (Å²) in [6.45, 7) is 2.75. The van der Waals surface area contributed by atoms with Crippen LogP contribution in [0.3, 0.4) is 0 Å². The topological polar surface area (TPSA) is 62.3 Å². The monoisotopic (exact) mass is 377 g/mol. The lowest BCUT2D eigenvalue weighted by Crippen LogP contribution is -2.24. The van der Waals surface area contributed by atoms with Gasteiger partial charge in [0.2, 0.25) is 5.91 Å². The molecule has 0 bridgehead atoms. The smallest absolute Gasteiger partial charge is 0.257 e. The van der Waals surface area contributed by atoms with Crippen LogP contribution in [0.15, 0.2) is 53.9 Å². The molecule has 1 aliphatic heterocycles. The van der Waals surface area contributed by atoms with Crippen molar-refractivity contribution in [3.8, 4) is 11.3 Å². The lowest BCUT2D eigenvalue weighted by Gasteiger charge is -2.16. The van der Waals surface area contributed by atoms with Gasteiger partial charge in [0.1, 0.15) is 0 Å². The fraction of sp³-hybridized carbons (Fsp3) is 0.190. The minimum atomic E-state index is -0.228. The Morgan fingerprint density at radius 2 is 2.00 bits per heavy atom. The van der Waals surface area contributed by atoms with E-state index in [1.165, 1.54) is 16.9 Å². The lowest BCUT2D eigenvalue weighted by molar-refractivity contribution is -0.117. The molecule has 27 heavy (non-hydrogen) atoms. The molecule has 1 saturated heterocycles. The van der Waals surface area contributed by atoms with Crippen LogP contribution >= 0.6 is 11.3 Å². The molecule has 0 atom stereocenters. The van der Waals surface area contributed by atoms with E-state index in [2.05, 4.69) is 10.3 Å². The second-order valence-electron chi connectivity index (χ2n) is 6.56. The molecule has 0 unspecified atom stereocenters. The number of hydrogen-bond donors (Lipinski definition) is 1. The highest BCUT2D eigenvalue weighted by atomic mass is 32.1. The molecule has 6 heteroatoms. The molecule has 2 heterocycles. The molecule has 0 aliphatic carbocycles. The molecule has 2 amide bonds. The Morgan fingerprint density at radius 1 is 1.19 bits per heavy atom. The van der Waals surface area contributed by atoms with Crippen molar-refractivity contribution in [1.29, 1.82) is 0 Å². The highest BCUT2D eigenvalue weighted by molar-refractivity contribution is 7.14. The molecule has 4 rings (SSSR count). The van der Waals surface area contributed by atoms with Crippen molar-refractivity contribution in [2.75, 3.05) is 16.8 Å². The van der Waals surface area contributed by atoms with Crippen LogP contribution in [0.2, 0.25) is 0 Å². The first-order valence-electron chi connectivity index (χ1n) is 8.84. The van der Waals surface area contributed by atoms with Gasteiger partial charge in [-0.05, 0) is 31.5 Å². The van der Waals surface area contributed by atoms with Gasteiger partial charge >= 0.3 is 0 Å². The molecule has 5 nitrogen and oxygen atoms in total. The van der Waals surface area contributed by atoms with Crippen molar-refractivity contribution in [2.45, 2.75) is 19.8 Å². The fourth-order valence-corrected chi connectivity index (χ4v) is 3.81. The molecule has 1 aliphatic rings. The number of amides is 2. The largest absolute Gasteiger partial charge is 0.312 e. The first kappa shape index (κ1) is 17.4. The second-order valence-corrected chi connectivity index (χ2v) is 7.42. The molecule has 3 aromatic rings. The predicted octanol–water partition coefficient (Wildman–Crippen LogP) is 4.50. The third-order valence-corrected chi connectivity index (χ3v) is 5.32. The average molecular weight is 377 g/mol. The number of aryl methyl sites for hydroxylation is 1. The number of aromatic nitrogens is 1. The van der Waals surface area contributed by atoms with Crippen molar-refractivity contribution < 1.29 is 9.59 Å². The van der Waals surface area contributed by atoms with Gasteiger partial charge in [-0.15, -0.1) is 11.3 Å². The Labute approximate surface area is 161 Å². The van der Waals surface area contributed by atoms with Gasteiger partial charge < -0.3 is 4.90 Å². The van der Waals surface area contributed by atoms with E-state index in [0.29, 0.717) is 23.7 Å². The van der Waals surface area contributed by atoms with Gasteiger partial charge in [0.05, 0.1) is 5.69 Å². The van der Waals surface area contributed by atoms with Crippen molar-refractivity contribution in [3.05, 3.63) is 65.0 Å². The van der Waals surface area contributed by atoms with Crippen molar-refractivity contribution in [3.63, 3.8) is 0 Å². The third-order valence-electron chi connectivity index (χ3n) is 4.57. The van der Waals surface area contributed by atoms with Crippen molar-refractivity contribution in [1.82, 2.24) is 4.98 Å². The molecular formula is C21H19N3O2S. The number of hydrogen-bond acceptors (Lipinski definition) is 4. The number of nitrogens with zero attached hydrogens (tertiary/aromatic N) is 2. The van der Waals surface area contributed by atoms with E-state index in [1.807, 2.05) is 42.6 Å². The van der Waals surface area contributed by atoms with Crippen molar-refractivity contribution in [2.24, 2.45) is 0 Å². The zero-order chi connectivity index (χ0) is 18.8. The Balaban J connectivity index is 1.50. The molecule has 1 aromatic heterocycles. The van der Waals surface area contributed by atoms with Crippen LogP contribution in [-0.4, -0.2) is 23.3 Å². The van der Waals surface area contributed by atoms with E-state index in [4.69, 9.17) is 0 Å². The zero-order valence-electron chi connectivity index (χ0n) is 14.9. The van der Waals surface area contributed by atoms with Crippen LogP contribution in [0.4, 0.5) is 10.8 Å². The lowest BCUT2D eigenvalue weighted by atomic mass is 10.1. The molecule has 136 valence electrons. The van der Waals surface area contributed by atoms with E-state index in [9.17, 15) is 9.59 Å². The number of anilines is 2. The zero-order valence-corrected chi connectivity index (χ0v) is 15.8. The molecule has 0 radical (unpaired) electrons. The number of benzene rings is 2. The van der Waals surface area contributed by atoms with Gasteiger partial charge in [0.15, 0.2) is 5.13 Å².